The summed E-state index contributed by atoms with van der Waals surface area (Å²) in [6, 6.07) is 7.45. The molecule has 1 atom stereocenters. The molecule has 0 saturated carbocycles. The zero-order chi connectivity index (χ0) is 15.0. The van der Waals surface area contributed by atoms with Crippen LogP contribution in [0.3, 0.4) is 0 Å². The lowest BCUT2D eigenvalue weighted by atomic mass is 10.0. The molecule has 1 aromatic heterocycles. The average molecular weight is 283 g/mol. The van der Waals surface area contributed by atoms with Crippen molar-refractivity contribution in [2.75, 3.05) is 7.05 Å². The molecule has 5 nitrogen and oxygen atoms in total. The minimum absolute atomic E-state index is 0.143. The van der Waals surface area contributed by atoms with E-state index in [-0.39, 0.29) is 11.8 Å². The Morgan fingerprint density at radius 1 is 1.29 bits per heavy atom. The van der Waals surface area contributed by atoms with Gasteiger partial charge in [0.25, 0.3) is 5.91 Å². The van der Waals surface area contributed by atoms with Crippen LogP contribution in [-0.4, -0.2) is 34.8 Å². The van der Waals surface area contributed by atoms with Crippen molar-refractivity contribution in [3.63, 3.8) is 0 Å². The lowest BCUT2D eigenvalue weighted by Gasteiger charge is -2.33. The number of likely N-dealkylation sites (N-methyl/N-ethyl adjacent to an activating group) is 1. The summed E-state index contributed by atoms with van der Waals surface area (Å²) >= 11 is 0. The second-order valence-electron chi connectivity index (χ2n) is 5.19. The Labute approximate surface area is 122 Å². The van der Waals surface area contributed by atoms with Gasteiger partial charge in [0.2, 0.25) is 5.91 Å². The van der Waals surface area contributed by atoms with Crippen molar-refractivity contribution in [3.05, 3.63) is 47.8 Å². The number of aromatic nitrogens is 1. The van der Waals surface area contributed by atoms with Crippen LogP contribution in [0.4, 0.5) is 0 Å². The number of hydrogen-bond donors (Lipinski definition) is 2. The van der Waals surface area contributed by atoms with E-state index in [1.165, 1.54) is 4.90 Å². The normalized spacial score (nSPS) is 21.1. The van der Waals surface area contributed by atoms with Crippen molar-refractivity contribution >= 4 is 22.7 Å². The third-order valence-electron chi connectivity index (χ3n) is 3.96. The molecule has 1 aliphatic rings. The van der Waals surface area contributed by atoms with Gasteiger partial charge in [0.15, 0.2) is 0 Å². The van der Waals surface area contributed by atoms with Gasteiger partial charge in [0.1, 0.15) is 11.7 Å². The molecular weight excluding hydrogens is 266 g/mol. The summed E-state index contributed by atoms with van der Waals surface area (Å²) in [4.78, 5) is 29.1. The summed E-state index contributed by atoms with van der Waals surface area (Å²) in [6.45, 7) is 1.74. The molecule has 108 valence electrons. The molecule has 0 bridgehead atoms. The number of nitrogens with one attached hydrogen (secondary N) is 2. The predicted molar refractivity (Wildman–Crippen MR) is 80.5 cm³/mol. The highest BCUT2D eigenvalue weighted by Gasteiger charge is 2.35. The van der Waals surface area contributed by atoms with Gasteiger partial charge in [-0.25, -0.2) is 0 Å². The fraction of sp³-hybridized carbons (Fsp3) is 0.250. The number of carbonyl (C=O) groups is 2. The first-order valence-corrected chi connectivity index (χ1v) is 6.91. The molecule has 0 aliphatic carbocycles. The summed E-state index contributed by atoms with van der Waals surface area (Å²) in [5, 5.41) is 3.76. The fourth-order valence-corrected chi connectivity index (χ4v) is 2.71. The van der Waals surface area contributed by atoms with Crippen LogP contribution in [0.25, 0.3) is 10.9 Å². The predicted octanol–water partition coefficient (Wildman–Crippen LogP) is 1.57. The van der Waals surface area contributed by atoms with Crippen molar-refractivity contribution in [1.82, 2.24) is 15.2 Å². The Morgan fingerprint density at radius 2 is 2.05 bits per heavy atom. The fourth-order valence-electron chi connectivity index (χ4n) is 2.71. The minimum Gasteiger partial charge on any atom is -0.361 e. The van der Waals surface area contributed by atoms with Gasteiger partial charge >= 0.3 is 0 Å². The molecule has 2 amide bonds. The van der Waals surface area contributed by atoms with E-state index >= 15 is 0 Å². The van der Waals surface area contributed by atoms with E-state index in [0.29, 0.717) is 12.1 Å². The van der Waals surface area contributed by atoms with Gasteiger partial charge in [-0.15, -0.1) is 0 Å². The molecule has 2 aromatic rings. The first-order chi connectivity index (χ1) is 10.1. The summed E-state index contributed by atoms with van der Waals surface area (Å²) in [5.41, 5.74) is 2.42. The average Bonchev–Trinajstić information content (AvgIpc) is 2.90. The number of fused-ring (bicyclic) bond motifs is 1. The van der Waals surface area contributed by atoms with E-state index < -0.39 is 6.04 Å². The lowest BCUT2D eigenvalue weighted by Crippen LogP contribution is -2.56. The molecule has 21 heavy (non-hydrogen) atoms. The molecule has 1 aromatic carbocycles. The number of allylic oxidation sites excluding steroid dienone is 1. The van der Waals surface area contributed by atoms with E-state index in [1.54, 1.807) is 20.0 Å². The zero-order valence-corrected chi connectivity index (χ0v) is 12.0. The first kappa shape index (κ1) is 13.4. The number of aromatic amines is 1. The van der Waals surface area contributed by atoms with Gasteiger partial charge < -0.3 is 15.2 Å². The molecule has 1 fully saturated rings. The van der Waals surface area contributed by atoms with E-state index in [2.05, 4.69) is 10.3 Å². The van der Waals surface area contributed by atoms with Crippen LogP contribution >= 0.6 is 0 Å². The van der Waals surface area contributed by atoms with Gasteiger partial charge in [0.05, 0.1) is 0 Å². The number of piperazine rings is 1. The van der Waals surface area contributed by atoms with Crippen LogP contribution in [0.15, 0.2) is 42.2 Å². The van der Waals surface area contributed by atoms with Crippen molar-refractivity contribution in [2.24, 2.45) is 0 Å². The zero-order valence-electron chi connectivity index (χ0n) is 12.0. The second-order valence-corrected chi connectivity index (χ2v) is 5.19. The van der Waals surface area contributed by atoms with E-state index in [4.69, 9.17) is 0 Å². The number of nitrogens with zero attached hydrogens (tertiary/aromatic N) is 1. The maximum absolute atomic E-state index is 12.2. The number of amides is 2. The lowest BCUT2D eigenvalue weighted by molar-refractivity contribution is -0.140. The highest BCUT2D eigenvalue weighted by atomic mass is 16.2. The Hall–Kier alpha value is -2.56. The maximum atomic E-state index is 12.2. The largest absolute Gasteiger partial charge is 0.361 e. The summed E-state index contributed by atoms with van der Waals surface area (Å²) < 4.78 is 0. The monoisotopic (exact) mass is 283 g/mol. The van der Waals surface area contributed by atoms with Gasteiger partial charge in [-0.2, -0.15) is 0 Å². The maximum Gasteiger partial charge on any atom is 0.270 e. The first-order valence-electron chi connectivity index (χ1n) is 6.91. The molecule has 2 heterocycles. The van der Waals surface area contributed by atoms with Crippen molar-refractivity contribution in [2.45, 2.75) is 19.4 Å². The van der Waals surface area contributed by atoms with Crippen molar-refractivity contribution in [3.8, 4) is 0 Å². The van der Waals surface area contributed by atoms with Crippen LogP contribution in [0.5, 0.6) is 0 Å². The Morgan fingerprint density at radius 3 is 2.81 bits per heavy atom. The molecule has 0 radical (unpaired) electrons. The molecule has 5 heteroatoms. The molecular formula is C16H17N3O2. The molecule has 1 aliphatic heterocycles. The Balaban J connectivity index is 1.91. The van der Waals surface area contributed by atoms with Crippen molar-refractivity contribution < 1.29 is 9.59 Å². The van der Waals surface area contributed by atoms with Crippen LogP contribution < -0.4 is 5.32 Å². The molecule has 0 spiro atoms. The van der Waals surface area contributed by atoms with Gasteiger partial charge in [-0.1, -0.05) is 24.3 Å². The number of rotatable bonds is 2. The number of hydrogen-bond acceptors (Lipinski definition) is 2. The Bertz CT molecular complexity index is 745. The van der Waals surface area contributed by atoms with Gasteiger partial charge in [-0.3, -0.25) is 9.59 Å². The number of benzene rings is 1. The summed E-state index contributed by atoms with van der Waals surface area (Å²) in [6.07, 6.45) is 4.02. The smallest absolute Gasteiger partial charge is 0.270 e. The molecule has 2 N–H and O–H groups in total. The SMILES string of the molecule is C/C=C1\NC(=O)[C@H](Cc2c[nH]c3ccccc23)N(C)C1=O. The standard InChI is InChI=1S/C16H17N3O2/c1-3-12-16(21)19(2)14(15(20)18-12)8-10-9-17-13-7-5-4-6-11(10)13/h3-7,9,14,17H,8H2,1-2H3,(H,18,20)/b12-3-/t14-/m0/s1. The number of H-pyrrole nitrogens is 1. The molecule has 1 saturated heterocycles. The Kier molecular flexibility index (Phi) is 3.25. The number of para-hydroxylation sites is 1. The van der Waals surface area contributed by atoms with Crippen LogP contribution in [0, 0.1) is 0 Å². The van der Waals surface area contributed by atoms with E-state index in [0.717, 1.165) is 16.5 Å². The number of carbonyl (C=O) groups excluding carboxylic acids is 2. The second kappa shape index (κ2) is 5.09. The van der Waals surface area contributed by atoms with E-state index in [9.17, 15) is 9.59 Å². The topological polar surface area (TPSA) is 65.2 Å². The quantitative estimate of drug-likeness (QED) is 0.822. The molecule has 3 rings (SSSR count). The van der Waals surface area contributed by atoms with Crippen LogP contribution in [0.2, 0.25) is 0 Å². The van der Waals surface area contributed by atoms with Gasteiger partial charge in [-0.05, 0) is 18.6 Å². The minimum atomic E-state index is -0.486. The summed E-state index contributed by atoms with van der Waals surface area (Å²) in [5.74, 6) is -0.294. The van der Waals surface area contributed by atoms with Crippen LogP contribution in [0.1, 0.15) is 12.5 Å². The third-order valence-corrected chi connectivity index (χ3v) is 3.96. The van der Waals surface area contributed by atoms with Crippen LogP contribution in [-0.2, 0) is 16.0 Å². The van der Waals surface area contributed by atoms with Gasteiger partial charge in [0, 0.05) is 30.6 Å². The van der Waals surface area contributed by atoms with Crippen molar-refractivity contribution in [1.29, 1.82) is 0 Å². The third kappa shape index (κ3) is 2.20. The highest BCUT2D eigenvalue weighted by Crippen LogP contribution is 2.22. The summed E-state index contributed by atoms with van der Waals surface area (Å²) in [7, 11) is 1.67. The van der Waals surface area contributed by atoms with E-state index in [1.807, 2.05) is 30.5 Å². The molecule has 0 unspecified atom stereocenters. The highest BCUT2D eigenvalue weighted by molar-refractivity contribution is 6.04.